The Morgan fingerprint density at radius 3 is 2.80 bits per heavy atom. The van der Waals surface area contributed by atoms with Gasteiger partial charge in [-0.1, -0.05) is 11.6 Å². The fourth-order valence-corrected chi connectivity index (χ4v) is 2.54. The molecule has 0 saturated heterocycles. The summed E-state index contributed by atoms with van der Waals surface area (Å²) < 4.78 is 2.62. The molecule has 76 valence electrons. The van der Waals surface area contributed by atoms with Crippen LogP contribution in [-0.2, 0) is 7.05 Å². The van der Waals surface area contributed by atoms with E-state index in [9.17, 15) is 0 Å². The van der Waals surface area contributed by atoms with Gasteiger partial charge in [0.2, 0.25) is 0 Å². The van der Waals surface area contributed by atoms with E-state index in [-0.39, 0.29) is 0 Å². The first-order valence-electron chi connectivity index (χ1n) is 4.32. The minimum absolute atomic E-state index is 0.452. The molecule has 2 rings (SSSR count). The fraction of sp³-hybridized carbons (Fsp3) is 0.200. The lowest BCUT2D eigenvalue weighted by atomic mass is 10.3. The molecule has 0 unspecified atom stereocenters. The second-order valence-electron chi connectivity index (χ2n) is 3.13. The summed E-state index contributed by atoms with van der Waals surface area (Å²) in [6.45, 7) is 1.87. The van der Waals surface area contributed by atoms with Crippen molar-refractivity contribution in [1.82, 2.24) is 9.55 Å². The summed E-state index contributed by atoms with van der Waals surface area (Å²) in [5, 5.41) is 8.97. The van der Waals surface area contributed by atoms with Crippen molar-refractivity contribution < 1.29 is 0 Å². The Morgan fingerprint density at radius 2 is 2.27 bits per heavy atom. The Kier molecular flexibility index (Phi) is 2.51. The molecule has 5 heteroatoms. The van der Waals surface area contributed by atoms with E-state index < -0.39 is 0 Å². The third-order valence-electron chi connectivity index (χ3n) is 2.23. The molecular weight excluding hydrogens is 230 g/mol. The van der Waals surface area contributed by atoms with Gasteiger partial charge in [-0.3, -0.25) is 0 Å². The highest BCUT2D eigenvalue weighted by Gasteiger charge is 2.15. The van der Waals surface area contributed by atoms with Crippen molar-refractivity contribution in [2.45, 2.75) is 6.92 Å². The molecule has 0 radical (unpaired) electrons. The van der Waals surface area contributed by atoms with Gasteiger partial charge in [0.25, 0.3) is 0 Å². The van der Waals surface area contributed by atoms with E-state index in [0.29, 0.717) is 10.0 Å². The zero-order chi connectivity index (χ0) is 11.0. The Balaban J connectivity index is 2.67. The largest absolute Gasteiger partial charge is 0.330 e. The average Bonchev–Trinajstić information content (AvgIpc) is 2.73. The van der Waals surface area contributed by atoms with E-state index >= 15 is 0 Å². The molecule has 0 fully saturated rings. The summed E-state index contributed by atoms with van der Waals surface area (Å²) in [7, 11) is 1.89. The zero-order valence-electron chi connectivity index (χ0n) is 8.28. The molecule has 2 aromatic heterocycles. The monoisotopic (exact) mass is 237 g/mol. The first kappa shape index (κ1) is 10.2. The molecule has 3 nitrogen and oxygen atoms in total. The zero-order valence-corrected chi connectivity index (χ0v) is 9.85. The summed E-state index contributed by atoms with van der Waals surface area (Å²) in [5.74, 6) is 0.825. The van der Waals surface area contributed by atoms with Gasteiger partial charge in [0.05, 0.1) is 14.9 Å². The highest BCUT2D eigenvalue weighted by atomic mass is 35.5. The maximum absolute atomic E-state index is 8.97. The second-order valence-corrected chi connectivity index (χ2v) is 4.85. The average molecular weight is 238 g/mol. The summed E-state index contributed by atoms with van der Waals surface area (Å²) in [5.41, 5.74) is 1.29. The van der Waals surface area contributed by atoms with Crippen molar-refractivity contribution in [3.8, 4) is 16.6 Å². The van der Waals surface area contributed by atoms with E-state index in [2.05, 4.69) is 11.1 Å². The highest BCUT2D eigenvalue weighted by Crippen LogP contribution is 2.32. The Hall–Kier alpha value is -1.31. The van der Waals surface area contributed by atoms with E-state index in [0.717, 1.165) is 16.4 Å². The van der Waals surface area contributed by atoms with Crippen molar-refractivity contribution in [2.75, 3.05) is 0 Å². The van der Waals surface area contributed by atoms with Gasteiger partial charge in [0, 0.05) is 7.05 Å². The number of nitriles is 1. The molecule has 2 aromatic rings. The van der Waals surface area contributed by atoms with Crippen LogP contribution in [0.3, 0.4) is 0 Å². The molecule has 0 N–H and O–H groups in total. The summed E-state index contributed by atoms with van der Waals surface area (Å²) in [6, 6.07) is 5.83. The van der Waals surface area contributed by atoms with Crippen molar-refractivity contribution in [3.05, 3.63) is 28.0 Å². The molecule has 0 bridgehead atoms. The van der Waals surface area contributed by atoms with Crippen LogP contribution in [-0.4, -0.2) is 9.55 Å². The fourth-order valence-electron chi connectivity index (χ4n) is 1.41. The van der Waals surface area contributed by atoms with Crippen LogP contribution in [0.2, 0.25) is 4.34 Å². The number of halogens is 1. The van der Waals surface area contributed by atoms with Crippen molar-refractivity contribution in [3.63, 3.8) is 0 Å². The number of imidazole rings is 1. The third kappa shape index (κ3) is 1.65. The van der Waals surface area contributed by atoms with Crippen LogP contribution in [0.25, 0.3) is 10.6 Å². The van der Waals surface area contributed by atoms with Crippen LogP contribution < -0.4 is 0 Å². The van der Waals surface area contributed by atoms with Gasteiger partial charge in [0.1, 0.15) is 11.9 Å². The number of hydrogen-bond acceptors (Lipinski definition) is 3. The van der Waals surface area contributed by atoms with Crippen molar-refractivity contribution >= 4 is 22.9 Å². The molecule has 0 atom stereocenters. The minimum Gasteiger partial charge on any atom is -0.330 e. The van der Waals surface area contributed by atoms with Crippen LogP contribution in [0.4, 0.5) is 0 Å². The first-order chi connectivity index (χ1) is 7.13. The number of thiophene rings is 1. The van der Waals surface area contributed by atoms with Crippen molar-refractivity contribution in [2.24, 2.45) is 7.05 Å². The smallest absolute Gasteiger partial charge is 0.167 e. The van der Waals surface area contributed by atoms with Gasteiger partial charge in [0.15, 0.2) is 5.69 Å². The van der Waals surface area contributed by atoms with E-state index in [4.69, 9.17) is 16.9 Å². The summed E-state index contributed by atoms with van der Waals surface area (Å²) >= 11 is 7.32. The lowest BCUT2D eigenvalue weighted by Gasteiger charge is -2.00. The van der Waals surface area contributed by atoms with E-state index in [1.54, 1.807) is 0 Å². The Labute approximate surface area is 96.6 Å². The molecule has 0 aliphatic heterocycles. The standard InChI is InChI=1S/C10H8ClN3S/c1-6-13-7(5-12)10(14(6)2)8-3-4-9(11)15-8/h3-4H,1-2H3. The summed E-state index contributed by atoms with van der Waals surface area (Å²) in [6.07, 6.45) is 0. The molecule has 15 heavy (non-hydrogen) atoms. The molecule has 0 saturated carbocycles. The highest BCUT2D eigenvalue weighted by molar-refractivity contribution is 7.19. The number of hydrogen-bond donors (Lipinski definition) is 0. The van der Waals surface area contributed by atoms with Crippen molar-refractivity contribution in [1.29, 1.82) is 5.26 Å². The maximum Gasteiger partial charge on any atom is 0.167 e. The van der Waals surface area contributed by atoms with Gasteiger partial charge < -0.3 is 4.57 Å². The lowest BCUT2D eigenvalue weighted by Crippen LogP contribution is -1.93. The van der Waals surface area contributed by atoms with E-state index in [1.165, 1.54) is 11.3 Å². The number of rotatable bonds is 1. The normalized spacial score (nSPS) is 10.3. The molecule has 0 aromatic carbocycles. The SMILES string of the molecule is Cc1nc(C#N)c(-c2ccc(Cl)s2)n1C. The van der Waals surface area contributed by atoms with Crippen LogP contribution >= 0.6 is 22.9 Å². The maximum atomic E-state index is 8.97. The number of aryl methyl sites for hydroxylation is 1. The Morgan fingerprint density at radius 1 is 1.53 bits per heavy atom. The topological polar surface area (TPSA) is 41.6 Å². The molecule has 0 amide bonds. The van der Waals surface area contributed by atoms with Gasteiger partial charge in [-0.05, 0) is 19.1 Å². The predicted octanol–water partition coefficient (Wildman–Crippen LogP) is 2.98. The van der Waals surface area contributed by atoms with Crippen LogP contribution in [0, 0.1) is 18.3 Å². The van der Waals surface area contributed by atoms with Gasteiger partial charge in [-0.25, -0.2) is 4.98 Å². The quantitative estimate of drug-likeness (QED) is 0.765. The van der Waals surface area contributed by atoms with Crippen LogP contribution in [0.1, 0.15) is 11.5 Å². The number of aromatic nitrogens is 2. The van der Waals surface area contributed by atoms with Crippen LogP contribution in [0.15, 0.2) is 12.1 Å². The summed E-state index contributed by atoms with van der Waals surface area (Å²) in [4.78, 5) is 5.15. The third-order valence-corrected chi connectivity index (χ3v) is 3.47. The molecule has 0 aliphatic rings. The van der Waals surface area contributed by atoms with E-state index in [1.807, 2.05) is 30.7 Å². The van der Waals surface area contributed by atoms with Gasteiger partial charge in [-0.15, -0.1) is 11.3 Å². The minimum atomic E-state index is 0.452. The Bertz CT molecular complexity index is 548. The van der Waals surface area contributed by atoms with Gasteiger partial charge >= 0.3 is 0 Å². The number of nitrogens with zero attached hydrogens (tertiary/aromatic N) is 3. The van der Waals surface area contributed by atoms with Crippen LogP contribution in [0.5, 0.6) is 0 Å². The first-order valence-corrected chi connectivity index (χ1v) is 5.52. The van der Waals surface area contributed by atoms with Gasteiger partial charge in [-0.2, -0.15) is 5.26 Å². The molecule has 2 heterocycles. The molecule has 0 aliphatic carbocycles. The molecule has 0 spiro atoms. The molecular formula is C10H8ClN3S. The lowest BCUT2D eigenvalue weighted by molar-refractivity contribution is 0.866. The second kappa shape index (κ2) is 3.69. The predicted molar refractivity (Wildman–Crippen MR) is 61.0 cm³/mol.